The Balaban J connectivity index is 2.16. The third-order valence-electron chi connectivity index (χ3n) is 4.80. The minimum atomic E-state index is 0.256. The van der Waals surface area contributed by atoms with Gasteiger partial charge in [0.15, 0.2) is 0 Å². The van der Waals surface area contributed by atoms with Crippen LogP contribution in [0.1, 0.15) is 47.0 Å². The highest BCUT2D eigenvalue weighted by Crippen LogP contribution is 2.44. The minimum Gasteiger partial charge on any atom is -0.329 e. The number of hydrogen-bond donors (Lipinski definition) is 1. The molecule has 0 saturated carbocycles. The number of nitrogens with two attached hydrogens (primary N) is 1. The van der Waals surface area contributed by atoms with Gasteiger partial charge in [-0.2, -0.15) is 11.8 Å². The van der Waals surface area contributed by atoms with Gasteiger partial charge in [-0.3, -0.25) is 4.90 Å². The van der Waals surface area contributed by atoms with Crippen molar-refractivity contribution in [2.24, 2.45) is 17.1 Å². The summed E-state index contributed by atoms with van der Waals surface area (Å²) in [6.45, 7) is 11.7. The molecule has 2 aliphatic heterocycles. The van der Waals surface area contributed by atoms with Gasteiger partial charge in [0.1, 0.15) is 0 Å². The molecule has 0 radical (unpaired) electrons. The second kappa shape index (κ2) is 5.34. The quantitative estimate of drug-likeness (QED) is 0.836. The van der Waals surface area contributed by atoms with Crippen molar-refractivity contribution in [3.63, 3.8) is 0 Å². The van der Waals surface area contributed by atoms with E-state index < -0.39 is 0 Å². The predicted molar refractivity (Wildman–Crippen MR) is 82.1 cm³/mol. The largest absolute Gasteiger partial charge is 0.329 e. The monoisotopic (exact) mass is 270 g/mol. The number of piperidine rings is 1. The van der Waals surface area contributed by atoms with Crippen LogP contribution in [0.3, 0.4) is 0 Å². The van der Waals surface area contributed by atoms with Crippen LogP contribution in [0.5, 0.6) is 0 Å². The van der Waals surface area contributed by atoms with Gasteiger partial charge in [-0.25, -0.2) is 0 Å². The van der Waals surface area contributed by atoms with Gasteiger partial charge in [0.05, 0.1) is 0 Å². The average Bonchev–Trinajstić information content (AvgIpc) is 2.27. The summed E-state index contributed by atoms with van der Waals surface area (Å²) in [4.78, 5) is 2.75. The van der Waals surface area contributed by atoms with Crippen molar-refractivity contribution in [2.75, 3.05) is 24.6 Å². The van der Waals surface area contributed by atoms with E-state index in [0.29, 0.717) is 11.5 Å². The molecule has 2 rings (SSSR count). The molecule has 2 fully saturated rings. The number of nitrogens with zero attached hydrogens (tertiary/aromatic N) is 1. The lowest BCUT2D eigenvalue weighted by Crippen LogP contribution is -2.64. The summed E-state index contributed by atoms with van der Waals surface area (Å²) in [5.41, 5.74) is 6.92. The van der Waals surface area contributed by atoms with E-state index in [-0.39, 0.29) is 5.54 Å². The van der Waals surface area contributed by atoms with Gasteiger partial charge in [-0.1, -0.05) is 20.8 Å². The molecule has 2 heterocycles. The maximum Gasteiger partial charge on any atom is 0.0430 e. The summed E-state index contributed by atoms with van der Waals surface area (Å²) in [5, 5.41) is 0. The summed E-state index contributed by atoms with van der Waals surface area (Å²) >= 11 is 2.11. The van der Waals surface area contributed by atoms with E-state index in [1.807, 2.05) is 0 Å². The van der Waals surface area contributed by atoms with Crippen molar-refractivity contribution in [1.29, 1.82) is 0 Å². The zero-order valence-electron chi connectivity index (χ0n) is 12.5. The fraction of sp³-hybridized carbons (Fsp3) is 1.00. The lowest BCUT2D eigenvalue weighted by molar-refractivity contribution is 0.00242. The molecule has 0 aromatic carbocycles. The van der Waals surface area contributed by atoms with E-state index in [9.17, 15) is 0 Å². The Hall–Kier alpha value is 0.270. The Kier molecular flexibility index (Phi) is 4.35. The Morgan fingerprint density at radius 2 is 2.00 bits per heavy atom. The third kappa shape index (κ3) is 2.88. The highest BCUT2D eigenvalue weighted by molar-refractivity contribution is 7.99. The Bertz CT molecular complexity index is 292. The summed E-state index contributed by atoms with van der Waals surface area (Å²) in [5.74, 6) is 3.40. The van der Waals surface area contributed by atoms with E-state index in [0.717, 1.165) is 12.5 Å². The molecular formula is C15H30N2S. The maximum atomic E-state index is 6.23. The fourth-order valence-electron chi connectivity index (χ4n) is 4.05. The van der Waals surface area contributed by atoms with Crippen LogP contribution in [0.15, 0.2) is 0 Å². The molecule has 106 valence electrons. The minimum absolute atomic E-state index is 0.256. The zero-order valence-corrected chi connectivity index (χ0v) is 13.4. The van der Waals surface area contributed by atoms with Crippen LogP contribution in [-0.4, -0.2) is 41.1 Å². The molecule has 2 N–H and O–H groups in total. The average molecular weight is 270 g/mol. The van der Waals surface area contributed by atoms with E-state index in [2.05, 4.69) is 44.4 Å². The third-order valence-corrected chi connectivity index (χ3v) is 6.53. The van der Waals surface area contributed by atoms with E-state index >= 15 is 0 Å². The van der Waals surface area contributed by atoms with Crippen LogP contribution in [-0.2, 0) is 0 Å². The molecule has 0 spiro atoms. The maximum absolute atomic E-state index is 6.23. The van der Waals surface area contributed by atoms with Gasteiger partial charge in [-0.05, 0) is 49.8 Å². The fourth-order valence-corrected chi connectivity index (χ4v) is 5.58. The summed E-state index contributed by atoms with van der Waals surface area (Å²) < 4.78 is 0. The second-order valence-electron chi connectivity index (χ2n) is 7.43. The molecular weight excluding hydrogens is 240 g/mol. The standard InChI is InChI=1S/C15H30N2S/c1-12-5-6-17(13(2)7-12)15(9-16)8-14(3,4)10-18-11-15/h12-13H,5-11,16H2,1-4H3. The van der Waals surface area contributed by atoms with Crippen LogP contribution in [0.25, 0.3) is 0 Å². The van der Waals surface area contributed by atoms with Crippen LogP contribution in [0.4, 0.5) is 0 Å². The predicted octanol–water partition coefficient (Wildman–Crippen LogP) is 2.97. The zero-order chi connectivity index (χ0) is 13.4. The van der Waals surface area contributed by atoms with E-state index in [1.54, 1.807) is 0 Å². The number of rotatable bonds is 2. The lowest BCUT2D eigenvalue weighted by atomic mass is 9.76. The molecule has 0 aromatic heterocycles. The molecule has 0 aromatic rings. The van der Waals surface area contributed by atoms with Crippen molar-refractivity contribution >= 4 is 11.8 Å². The van der Waals surface area contributed by atoms with Crippen molar-refractivity contribution in [3.8, 4) is 0 Å². The SMILES string of the molecule is CC1CCN(C2(CN)CSCC(C)(C)C2)C(C)C1. The van der Waals surface area contributed by atoms with Crippen LogP contribution in [0.2, 0.25) is 0 Å². The molecule has 2 aliphatic rings. The number of likely N-dealkylation sites (tertiary alicyclic amines) is 1. The summed E-state index contributed by atoms with van der Waals surface area (Å²) in [6.07, 6.45) is 3.95. The molecule has 2 saturated heterocycles. The molecule has 3 heteroatoms. The van der Waals surface area contributed by atoms with Gasteiger partial charge in [0, 0.05) is 23.9 Å². The topological polar surface area (TPSA) is 29.3 Å². The van der Waals surface area contributed by atoms with Crippen molar-refractivity contribution < 1.29 is 0 Å². The lowest BCUT2D eigenvalue weighted by Gasteiger charge is -2.54. The number of hydrogen-bond acceptors (Lipinski definition) is 3. The highest BCUT2D eigenvalue weighted by Gasteiger charge is 2.46. The molecule has 2 nitrogen and oxygen atoms in total. The van der Waals surface area contributed by atoms with Crippen molar-refractivity contribution in [2.45, 2.75) is 58.5 Å². The first-order valence-corrected chi connectivity index (χ1v) is 8.59. The smallest absolute Gasteiger partial charge is 0.0430 e. The molecule has 3 atom stereocenters. The molecule has 0 bridgehead atoms. The first kappa shape index (κ1) is 14.7. The van der Waals surface area contributed by atoms with E-state index in [4.69, 9.17) is 5.73 Å². The molecule has 0 aliphatic carbocycles. The Morgan fingerprint density at radius 1 is 1.28 bits per heavy atom. The normalized spacial score (nSPS) is 41.8. The van der Waals surface area contributed by atoms with Gasteiger partial charge < -0.3 is 5.73 Å². The van der Waals surface area contributed by atoms with Gasteiger partial charge in [0.2, 0.25) is 0 Å². The van der Waals surface area contributed by atoms with E-state index in [1.165, 1.54) is 37.3 Å². The molecule has 0 amide bonds. The van der Waals surface area contributed by atoms with Crippen LogP contribution < -0.4 is 5.73 Å². The van der Waals surface area contributed by atoms with Crippen LogP contribution in [0, 0.1) is 11.3 Å². The first-order chi connectivity index (χ1) is 8.38. The van der Waals surface area contributed by atoms with Crippen LogP contribution >= 0.6 is 11.8 Å². The summed E-state index contributed by atoms with van der Waals surface area (Å²) in [7, 11) is 0. The molecule has 18 heavy (non-hydrogen) atoms. The second-order valence-corrected chi connectivity index (χ2v) is 8.42. The molecule has 3 unspecified atom stereocenters. The Labute approximate surface area is 117 Å². The van der Waals surface area contributed by atoms with Gasteiger partial charge in [0.25, 0.3) is 0 Å². The van der Waals surface area contributed by atoms with Crippen molar-refractivity contribution in [3.05, 3.63) is 0 Å². The Morgan fingerprint density at radius 3 is 2.56 bits per heavy atom. The first-order valence-electron chi connectivity index (χ1n) is 7.43. The highest BCUT2D eigenvalue weighted by atomic mass is 32.2. The van der Waals surface area contributed by atoms with Crippen molar-refractivity contribution in [1.82, 2.24) is 4.90 Å². The van der Waals surface area contributed by atoms with Gasteiger partial charge >= 0.3 is 0 Å². The number of thioether (sulfide) groups is 1. The summed E-state index contributed by atoms with van der Waals surface area (Å²) in [6, 6.07) is 0.701. The van der Waals surface area contributed by atoms with Gasteiger partial charge in [-0.15, -0.1) is 0 Å².